The van der Waals surface area contributed by atoms with Crippen molar-refractivity contribution in [3.05, 3.63) is 64.5 Å². The van der Waals surface area contributed by atoms with E-state index in [0.29, 0.717) is 30.9 Å². The second kappa shape index (κ2) is 12.9. The van der Waals surface area contributed by atoms with Crippen LogP contribution in [0.25, 0.3) is 0 Å². The van der Waals surface area contributed by atoms with E-state index in [-0.39, 0.29) is 16.3 Å². The number of carbonyl (C=O) groups is 1. The smallest absolute Gasteiger partial charge is 0.324 e. The molecular weight excluding hydrogens is 571 g/mol. The Hall–Kier alpha value is -2.26. The molecular formula is C36H57FN2O4Si. The van der Waals surface area contributed by atoms with Crippen LogP contribution >= 0.6 is 0 Å². The molecule has 0 aromatic heterocycles. The highest BCUT2D eigenvalue weighted by Crippen LogP contribution is 2.51. The molecule has 1 saturated heterocycles. The molecule has 4 atom stereocenters. The van der Waals surface area contributed by atoms with Crippen LogP contribution in [0.1, 0.15) is 96.9 Å². The summed E-state index contributed by atoms with van der Waals surface area (Å²) < 4.78 is 34.8. The molecule has 1 aliphatic rings. The van der Waals surface area contributed by atoms with Gasteiger partial charge in [-0.2, -0.15) is 0 Å². The maximum atomic E-state index is 16.0. The molecule has 44 heavy (non-hydrogen) atoms. The van der Waals surface area contributed by atoms with Gasteiger partial charge in [0, 0.05) is 23.1 Å². The average molecular weight is 629 g/mol. The largest absolute Gasteiger partial charge is 0.491 e. The van der Waals surface area contributed by atoms with Crippen molar-refractivity contribution < 1.29 is 23.1 Å². The number of aryl methyl sites for hydroxylation is 2. The van der Waals surface area contributed by atoms with E-state index in [4.69, 9.17) is 19.6 Å². The van der Waals surface area contributed by atoms with Gasteiger partial charge in [0.1, 0.15) is 29.8 Å². The zero-order valence-electron chi connectivity index (χ0n) is 29.4. The van der Waals surface area contributed by atoms with E-state index in [9.17, 15) is 4.79 Å². The van der Waals surface area contributed by atoms with Crippen LogP contribution in [-0.2, 0) is 19.5 Å². The second-order valence-corrected chi connectivity index (χ2v) is 21.2. The SMILES string of the molecule is Cc1ccc([C@@]2(N)[C@H](CC(C)(C)C)N[C@@H](C(=O)OC(C)(C)C)[C@@H]2c2cc(C)ccc2OCCO[Si](C)(C)C(C)(C)C)c(F)c1. The van der Waals surface area contributed by atoms with Gasteiger partial charge in [0.2, 0.25) is 0 Å². The van der Waals surface area contributed by atoms with Crippen molar-refractivity contribution in [1.29, 1.82) is 0 Å². The van der Waals surface area contributed by atoms with Crippen LogP contribution in [0.15, 0.2) is 36.4 Å². The molecule has 0 aliphatic carbocycles. The van der Waals surface area contributed by atoms with Gasteiger partial charge in [-0.15, -0.1) is 0 Å². The lowest BCUT2D eigenvalue weighted by Crippen LogP contribution is -2.52. The van der Waals surface area contributed by atoms with Crippen molar-refractivity contribution in [3.8, 4) is 5.75 Å². The molecule has 8 heteroatoms. The van der Waals surface area contributed by atoms with Crippen LogP contribution in [0.4, 0.5) is 4.39 Å². The van der Waals surface area contributed by atoms with E-state index in [1.54, 1.807) is 6.07 Å². The van der Waals surface area contributed by atoms with Crippen molar-refractivity contribution in [2.45, 2.75) is 130 Å². The molecule has 2 aromatic carbocycles. The van der Waals surface area contributed by atoms with Gasteiger partial charge >= 0.3 is 5.97 Å². The molecule has 3 N–H and O–H groups in total. The molecule has 1 aliphatic heterocycles. The molecule has 0 bridgehead atoms. The number of carbonyl (C=O) groups excluding carboxylic acids is 1. The van der Waals surface area contributed by atoms with Crippen LogP contribution in [0.3, 0.4) is 0 Å². The number of ether oxygens (including phenoxy) is 2. The number of nitrogens with two attached hydrogens (primary N) is 1. The third-order valence-electron chi connectivity index (χ3n) is 8.98. The summed E-state index contributed by atoms with van der Waals surface area (Å²) in [6, 6.07) is 9.82. The molecule has 6 nitrogen and oxygen atoms in total. The highest BCUT2D eigenvalue weighted by Gasteiger charge is 2.59. The van der Waals surface area contributed by atoms with Gasteiger partial charge in [-0.3, -0.25) is 10.1 Å². The minimum absolute atomic E-state index is 0.0809. The molecule has 0 saturated carbocycles. The molecule has 0 amide bonds. The Morgan fingerprint density at radius 3 is 2.09 bits per heavy atom. The minimum Gasteiger partial charge on any atom is -0.491 e. The van der Waals surface area contributed by atoms with E-state index in [0.717, 1.165) is 16.7 Å². The number of nitrogens with one attached hydrogen (secondary N) is 1. The zero-order chi connectivity index (χ0) is 33.5. The molecule has 0 spiro atoms. The third-order valence-corrected chi connectivity index (χ3v) is 13.5. The van der Waals surface area contributed by atoms with Crippen LogP contribution in [0.5, 0.6) is 5.75 Å². The summed E-state index contributed by atoms with van der Waals surface area (Å²) in [5.74, 6) is -0.887. The van der Waals surface area contributed by atoms with Gasteiger partial charge in [-0.25, -0.2) is 4.39 Å². The highest BCUT2D eigenvalue weighted by molar-refractivity contribution is 6.74. The Bertz CT molecular complexity index is 1320. The number of esters is 1. The van der Waals surface area contributed by atoms with Crippen LogP contribution in [0, 0.1) is 25.1 Å². The Morgan fingerprint density at radius 1 is 0.955 bits per heavy atom. The minimum atomic E-state index is -1.96. The summed E-state index contributed by atoms with van der Waals surface area (Å²) >= 11 is 0. The summed E-state index contributed by atoms with van der Waals surface area (Å²) in [5, 5.41) is 3.64. The Balaban J connectivity index is 2.18. The van der Waals surface area contributed by atoms with E-state index >= 15 is 4.39 Å². The molecule has 0 radical (unpaired) electrons. The van der Waals surface area contributed by atoms with E-state index in [1.165, 1.54) is 6.07 Å². The van der Waals surface area contributed by atoms with Gasteiger partial charge < -0.3 is 19.6 Å². The number of rotatable bonds is 9. The highest BCUT2D eigenvalue weighted by atomic mass is 28.4. The zero-order valence-corrected chi connectivity index (χ0v) is 30.4. The van der Waals surface area contributed by atoms with Gasteiger partial charge in [0.25, 0.3) is 0 Å². The Kier molecular flexibility index (Phi) is 10.6. The van der Waals surface area contributed by atoms with Crippen molar-refractivity contribution in [3.63, 3.8) is 0 Å². The summed E-state index contributed by atoms with van der Waals surface area (Å²) in [6.45, 7) is 27.6. The van der Waals surface area contributed by atoms with Gasteiger partial charge in [-0.1, -0.05) is 71.4 Å². The molecule has 246 valence electrons. The molecule has 2 aromatic rings. The van der Waals surface area contributed by atoms with Crippen LogP contribution in [-0.4, -0.2) is 45.2 Å². The summed E-state index contributed by atoms with van der Waals surface area (Å²) in [7, 11) is -1.96. The average Bonchev–Trinajstić information content (AvgIpc) is 3.12. The Labute approximate surface area is 266 Å². The van der Waals surface area contributed by atoms with Crippen molar-refractivity contribution in [2.75, 3.05) is 13.2 Å². The first-order valence-corrected chi connectivity index (χ1v) is 18.8. The summed E-state index contributed by atoms with van der Waals surface area (Å²) in [4.78, 5) is 14.0. The number of hydrogen-bond acceptors (Lipinski definition) is 6. The van der Waals surface area contributed by atoms with E-state index in [2.05, 4.69) is 60.0 Å². The lowest BCUT2D eigenvalue weighted by molar-refractivity contribution is -0.157. The van der Waals surface area contributed by atoms with Crippen molar-refractivity contribution >= 4 is 14.3 Å². The fourth-order valence-corrected chi connectivity index (χ4v) is 6.85. The maximum absolute atomic E-state index is 16.0. The molecule has 0 unspecified atom stereocenters. The first kappa shape index (κ1) is 36.2. The second-order valence-electron chi connectivity index (χ2n) is 16.4. The van der Waals surface area contributed by atoms with Crippen LogP contribution < -0.4 is 15.8 Å². The number of hydrogen-bond donors (Lipinski definition) is 2. The van der Waals surface area contributed by atoms with E-state index in [1.807, 2.05) is 58.9 Å². The fraction of sp³-hybridized carbons (Fsp3) is 0.639. The number of halogens is 1. The first-order chi connectivity index (χ1) is 20.0. The predicted octanol–water partition coefficient (Wildman–Crippen LogP) is 7.90. The normalized spacial score (nSPS) is 23.1. The van der Waals surface area contributed by atoms with E-state index < -0.39 is 43.4 Å². The Morgan fingerprint density at radius 2 is 1.55 bits per heavy atom. The van der Waals surface area contributed by atoms with Gasteiger partial charge in [-0.05, 0) is 82.3 Å². The summed E-state index contributed by atoms with van der Waals surface area (Å²) in [5.41, 5.74) is 8.27. The first-order valence-electron chi connectivity index (χ1n) is 15.9. The molecule has 1 fully saturated rings. The molecule has 1 heterocycles. The van der Waals surface area contributed by atoms with Gasteiger partial charge in [0.15, 0.2) is 8.32 Å². The molecule has 3 rings (SSSR count). The predicted molar refractivity (Wildman–Crippen MR) is 180 cm³/mol. The monoisotopic (exact) mass is 628 g/mol. The topological polar surface area (TPSA) is 82.8 Å². The quantitative estimate of drug-likeness (QED) is 0.167. The third kappa shape index (κ3) is 8.30. The van der Waals surface area contributed by atoms with Crippen LogP contribution in [0.2, 0.25) is 18.1 Å². The number of benzene rings is 2. The standard InChI is InChI=1S/C36H57FN2O4Si/c1-23-15-17-28(41-18-19-42-44(12,13)35(9,10)11)25(20-23)30-31(32(40)43-34(6,7)8)39-29(22-33(3,4)5)36(30,38)26-16-14-24(2)21-27(26)37/h14-17,20-21,29-31,39H,18-19,22,38H2,1-13H3/t29-,30-,31+,36+/m0/s1. The maximum Gasteiger partial charge on any atom is 0.324 e. The van der Waals surface area contributed by atoms with Crippen molar-refractivity contribution in [1.82, 2.24) is 5.32 Å². The fourth-order valence-electron chi connectivity index (χ4n) is 5.82. The lowest BCUT2D eigenvalue weighted by Gasteiger charge is -2.40. The van der Waals surface area contributed by atoms with Crippen molar-refractivity contribution in [2.24, 2.45) is 11.1 Å². The lowest BCUT2D eigenvalue weighted by atomic mass is 9.68. The summed E-state index contributed by atoms with van der Waals surface area (Å²) in [6.07, 6.45) is 0.606. The van der Waals surface area contributed by atoms with Gasteiger partial charge in [0.05, 0.1) is 12.1 Å².